The second-order valence-electron chi connectivity index (χ2n) is 7.01. The summed E-state index contributed by atoms with van der Waals surface area (Å²) in [5.41, 5.74) is 0. The molecular formula is C17H28N4O2. The van der Waals surface area contributed by atoms with E-state index >= 15 is 0 Å². The second-order valence-corrected chi connectivity index (χ2v) is 7.01. The van der Waals surface area contributed by atoms with E-state index in [-0.39, 0.29) is 11.9 Å². The first-order chi connectivity index (χ1) is 11.2. The lowest BCUT2D eigenvalue weighted by Crippen LogP contribution is -2.47. The zero-order valence-electron chi connectivity index (χ0n) is 14.3. The highest BCUT2D eigenvalue weighted by Gasteiger charge is 2.28. The Morgan fingerprint density at radius 2 is 2.04 bits per heavy atom. The molecule has 0 saturated heterocycles. The van der Waals surface area contributed by atoms with Crippen molar-refractivity contribution < 1.29 is 9.32 Å². The van der Waals surface area contributed by atoms with Gasteiger partial charge in [0.15, 0.2) is 5.82 Å². The minimum Gasteiger partial charge on any atom is -0.352 e. The summed E-state index contributed by atoms with van der Waals surface area (Å²) in [4.78, 5) is 19.0. The molecule has 1 heterocycles. The molecule has 6 heteroatoms. The van der Waals surface area contributed by atoms with Crippen molar-refractivity contribution in [1.29, 1.82) is 0 Å². The maximum absolute atomic E-state index is 12.5. The van der Waals surface area contributed by atoms with Gasteiger partial charge in [-0.1, -0.05) is 31.3 Å². The topological polar surface area (TPSA) is 71.3 Å². The highest BCUT2D eigenvalue weighted by atomic mass is 16.5. The Kier molecular flexibility index (Phi) is 5.30. The second kappa shape index (κ2) is 7.43. The summed E-state index contributed by atoms with van der Waals surface area (Å²) in [5.74, 6) is 2.03. The summed E-state index contributed by atoms with van der Waals surface area (Å²) in [5, 5.41) is 7.27. The van der Waals surface area contributed by atoms with Crippen molar-refractivity contribution in [2.45, 2.75) is 82.8 Å². The van der Waals surface area contributed by atoms with E-state index in [4.69, 9.17) is 4.52 Å². The van der Waals surface area contributed by atoms with Crippen LogP contribution in [0.4, 0.5) is 0 Å². The van der Waals surface area contributed by atoms with Crippen LogP contribution in [0.5, 0.6) is 0 Å². The molecule has 23 heavy (non-hydrogen) atoms. The highest BCUT2D eigenvalue weighted by Crippen LogP contribution is 2.35. The summed E-state index contributed by atoms with van der Waals surface area (Å²) in [6, 6.07) is 0.224. The van der Waals surface area contributed by atoms with E-state index in [2.05, 4.69) is 15.5 Å². The fourth-order valence-corrected chi connectivity index (χ4v) is 3.55. The van der Waals surface area contributed by atoms with Crippen LogP contribution in [0.25, 0.3) is 0 Å². The quantitative estimate of drug-likeness (QED) is 0.836. The number of hydrogen-bond donors (Lipinski definition) is 1. The van der Waals surface area contributed by atoms with Crippen LogP contribution in [0.1, 0.15) is 75.9 Å². The van der Waals surface area contributed by atoms with E-state index in [1.807, 2.05) is 18.9 Å². The Labute approximate surface area is 138 Å². The first-order valence-corrected chi connectivity index (χ1v) is 9.00. The van der Waals surface area contributed by atoms with Crippen LogP contribution in [-0.4, -0.2) is 40.1 Å². The Bertz CT molecular complexity index is 520. The van der Waals surface area contributed by atoms with Gasteiger partial charge < -0.3 is 9.84 Å². The SMILES string of the molecule is CC[C@H](C(=O)NC1CCCC1)N(C)Cc1noc(C2CCC2)n1. The Hall–Kier alpha value is -1.43. The van der Waals surface area contributed by atoms with Gasteiger partial charge in [-0.15, -0.1) is 0 Å². The van der Waals surface area contributed by atoms with Crippen molar-refractivity contribution in [3.63, 3.8) is 0 Å². The van der Waals surface area contributed by atoms with Gasteiger partial charge in [0.2, 0.25) is 11.8 Å². The molecule has 0 unspecified atom stereocenters. The van der Waals surface area contributed by atoms with Crippen molar-refractivity contribution in [2.24, 2.45) is 0 Å². The average molecular weight is 320 g/mol. The van der Waals surface area contributed by atoms with Gasteiger partial charge in [-0.25, -0.2) is 0 Å². The normalized spacial score (nSPS) is 20.7. The minimum absolute atomic E-state index is 0.129. The van der Waals surface area contributed by atoms with Gasteiger partial charge in [0.05, 0.1) is 12.6 Å². The van der Waals surface area contributed by atoms with Gasteiger partial charge in [-0.2, -0.15) is 4.98 Å². The third-order valence-electron chi connectivity index (χ3n) is 5.25. The molecule has 6 nitrogen and oxygen atoms in total. The molecule has 0 aliphatic heterocycles. The number of nitrogens with one attached hydrogen (secondary N) is 1. The molecule has 2 fully saturated rings. The maximum Gasteiger partial charge on any atom is 0.237 e. The third-order valence-corrected chi connectivity index (χ3v) is 5.25. The first kappa shape index (κ1) is 16.4. The van der Waals surface area contributed by atoms with E-state index in [1.165, 1.54) is 19.3 Å². The molecule has 128 valence electrons. The number of amides is 1. The fourth-order valence-electron chi connectivity index (χ4n) is 3.55. The summed E-state index contributed by atoms with van der Waals surface area (Å²) < 4.78 is 5.36. The molecule has 1 amide bonds. The van der Waals surface area contributed by atoms with Crippen LogP contribution in [0.3, 0.4) is 0 Å². The number of hydrogen-bond acceptors (Lipinski definition) is 5. The molecule has 0 spiro atoms. The number of carbonyl (C=O) groups excluding carboxylic acids is 1. The van der Waals surface area contributed by atoms with Crippen molar-refractivity contribution >= 4 is 5.91 Å². The number of carbonyl (C=O) groups is 1. The minimum atomic E-state index is -0.138. The predicted molar refractivity (Wildman–Crippen MR) is 86.8 cm³/mol. The molecule has 1 aromatic heterocycles. The van der Waals surface area contributed by atoms with Gasteiger partial charge in [0.25, 0.3) is 0 Å². The van der Waals surface area contributed by atoms with Gasteiger partial charge in [-0.05, 0) is 39.2 Å². The van der Waals surface area contributed by atoms with Crippen LogP contribution in [-0.2, 0) is 11.3 Å². The molecule has 1 N–H and O–H groups in total. The van der Waals surface area contributed by atoms with E-state index in [0.29, 0.717) is 24.3 Å². The van der Waals surface area contributed by atoms with E-state index in [0.717, 1.165) is 38.0 Å². The number of aromatic nitrogens is 2. The van der Waals surface area contributed by atoms with Gasteiger partial charge in [0.1, 0.15) is 0 Å². The van der Waals surface area contributed by atoms with Crippen molar-refractivity contribution in [1.82, 2.24) is 20.4 Å². The Morgan fingerprint density at radius 3 is 2.65 bits per heavy atom. The fraction of sp³-hybridized carbons (Fsp3) is 0.824. The molecule has 0 radical (unpaired) electrons. The number of nitrogens with zero attached hydrogens (tertiary/aromatic N) is 3. The lowest BCUT2D eigenvalue weighted by molar-refractivity contribution is -0.127. The van der Waals surface area contributed by atoms with Gasteiger partial charge >= 0.3 is 0 Å². The van der Waals surface area contributed by atoms with Crippen molar-refractivity contribution in [3.8, 4) is 0 Å². The summed E-state index contributed by atoms with van der Waals surface area (Å²) in [7, 11) is 1.96. The molecule has 2 aliphatic rings. The van der Waals surface area contributed by atoms with Crippen LogP contribution in [0.15, 0.2) is 4.52 Å². The zero-order chi connectivity index (χ0) is 16.2. The molecule has 3 rings (SSSR count). The third kappa shape index (κ3) is 3.91. The van der Waals surface area contributed by atoms with Crippen molar-refractivity contribution in [2.75, 3.05) is 7.05 Å². The van der Waals surface area contributed by atoms with E-state index in [1.54, 1.807) is 0 Å². The van der Waals surface area contributed by atoms with Crippen LogP contribution < -0.4 is 5.32 Å². The maximum atomic E-state index is 12.5. The lowest BCUT2D eigenvalue weighted by Gasteiger charge is -2.26. The van der Waals surface area contributed by atoms with E-state index in [9.17, 15) is 4.79 Å². The first-order valence-electron chi connectivity index (χ1n) is 9.00. The van der Waals surface area contributed by atoms with Gasteiger partial charge in [-0.3, -0.25) is 9.69 Å². The van der Waals surface area contributed by atoms with Crippen LogP contribution in [0, 0.1) is 0 Å². The summed E-state index contributed by atoms with van der Waals surface area (Å²) in [6.45, 7) is 2.60. The molecule has 0 aromatic carbocycles. The van der Waals surface area contributed by atoms with Crippen LogP contribution >= 0.6 is 0 Å². The van der Waals surface area contributed by atoms with E-state index < -0.39 is 0 Å². The molecule has 2 aliphatic carbocycles. The highest BCUT2D eigenvalue weighted by molar-refractivity contribution is 5.81. The number of likely N-dealkylation sites (N-methyl/N-ethyl adjacent to an activating group) is 1. The summed E-state index contributed by atoms with van der Waals surface area (Å²) >= 11 is 0. The van der Waals surface area contributed by atoms with Gasteiger partial charge in [0, 0.05) is 12.0 Å². The van der Waals surface area contributed by atoms with Crippen LogP contribution in [0.2, 0.25) is 0 Å². The Morgan fingerprint density at radius 1 is 1.30 bits per heavy atom. The largest absolute Gasteiger partial charge is 0.352 e. The number of rotatable bonds is 7. The van der Waals surface area contributed by atoms with Crippen molar-refractivity contribution in [3.05, 3.63) is 11.7 Å². The summed E-state index contributed by atoms with van der Waals surface area (Å²) in [6.07, 6.45) is 9.01. The molecule has 2 saturated carbocycles. The average Bonchev–Trinajstić information content (AvgIpc) is 3.10. The molecule has 0 bridgehead atoms. The lowest BCUT2D eigenvalue weighted by atomic mass is 9.85. The zero-order valence-corrected chi connectivity index (χ0v) is 14.3. The smallest absolute Gasteiger partial charge is 0.237 e. The molecular weight excluding hydrogens is 292 g/mol. The standard InChI is InChI=1S/C17H28N4O2/c1-3-14(16(22)18-13-9-4-5-10-13)21(2)11-15-19-17(23-20-15)12-7-6-8-12/h12-14H,3-11H2,1-2H3,(H,18,22)/t14-/m1/s1. The molecule has 1 aromatic rings. The molecule has 1 atom stereocenters. The monoisotopic (exact) mass is 320 g/mol. The Balaban J connectivity index is 1.54. The predicted octanol–water partition coefficient (Wildman–Crippen LogP) is 2.61.